The summed E-state index contributed by atoms with van der Waals surface area (Å²) in [6, 6.07) is 13.0. The van der Waals surface area contributed by atoms with E-state index in [0.29, 0.717) is 0 Å². The average Bonchev–Trinajstić information content (AvgIpc) is 2.70. The third kappa shape index (κ3) is 2.59. The lowest BCUT2D eigenvalue weighted by Crippen LogP contribution is -2.35. The van der Waals surface area contributed by atoms with Crippen molar-refractivity contribution in [2.24, 2.45) is 0 Å². The predicted molar refractivity (Wildman–Crippen MR) is 79.5 cm³/mol. The molecule has 1 aromatic carbocycles. The van der Waals surface area contributed by atoms with Crippen LogP contribution in [-0.2, 0) is 5.41 Å². The average molecular weight is 257 g/mol. The first kappa shape index (κ1) is 13.9. The molecule has 19 heavy (non-hydrogen) atoms. The van der Waals surface area contributed by atoms with Crippen LogP contribution in [0.5, 0.6) is 0 Å². The number of rotatable bonds is 4. The molecule has 1 atom stereocenters. The van der Waals surface area contributed by atoms with Crippen molar-refractivity contribution in [3.8, 4) is 0 Å². The van der Waals surface area contributed by atoms with Gasteiger partial charge < -0.3 is 9.73 Å². The molecule has 0 aliphatic rings. The van der Waals surface area contributed by atoms with Crippen molar-refractivity contribution in [3.63, 3.8) is 0 Å². The summed E-state index contributed by atoms with van der Waals surface area (Å²) in [6.45, 7) is 8.57. The minimum Gasteiger partial charge on any atom is -0.466 e. The highest BCUT2D eigenvalue weighted by molar-refractivity contribution is 5.33. The van der Waals surface area contributed by atoms with Crippen molar-refractivity contribution in [3.05, 3.63) is 59.0 Å². The maximum absolute atomic E-state index is 5.69. The zero-order valence-electron chi connectivity index (χ0n) is 12.4. The second kappa shape index (κ2) is 5.22. The fraction of sp³-hybridized carbons (Fsp3) is 0.412. The van der Waals surface area contributed by atoms with Gasteiger partial charge in [-0.05, 0) is 32.5 Å². The van der Waals surface area contributed by atoms with E-state index in [1.807, 2.05) is 20.9 Å². The van der Waals surface area contributed by atoms with Crippen LogP contribution in [0.25, 0.3) is 0 Å². The number of hydrogen-bond donors (Lipinski definition) is 1. The highest BCUT2D eigenvalue weighted by Crippen LogP contribution is 2.38. The van der Waals surface area contributed by atoms with Gasteiger partial charge in [0.1, 0.15) is 11.5 Å². The zero-order valence-corrected chi connectivity index (χ0v) is 12.4. The number of benzene rings is 1. The van der Waals surface area contributed by atoms with Gasteiger partial charge in [-0.2, -0.15) is 0 Å². The van der Waals surface area contributed by atoms with E-state index in [1.54, 1.807) is 0 Å². The Morgan fingerprint density at radius 3 is 2.21 bits per heavy atom. The Labute approximate surface area is 115 Å². The Kier molecular flexibility index (Phi) is 3.81. The molecule has 0 bridgehead atoms. The van der Waals surface area contributed by atoms with Crippen molar-refractivity contribution < 1.29 is 4.42 Å². The molecule has 2 aromatic rings. The first-order valence-electron chi connectivity index (χ1n) is 6.76. The van der Waals surface area contributed by atoms with Crippen LogP contribution in [0.4, 0.5) is 0 Å². The normalized spacial score (nSPS) is 13.5. The Hall–Kier alpha value is -1.54. The second-order valence-electron chi connectivity index (χ2n) is 5.68. The first-order chi connectivity index (χ1) is 8.96. The Morgan fingerprint density at radius 1 is 1.11 bits per heavy atom. The lowest BCUT2D eigenvalue weighted by atomic mass is 9.75. The summed E-state index contributed by atoms with van der Waals surface area (Å²) in [4.78, 5) is 0. The van der Waals surface area contributed by atoms with Crippen LogP contribution in [0.15, 0.2) is 40.8 Å². The minimum atomic E-state index is -0.00289. The van der Waals surface area contributed by atoms with Crippen molar-refractivity contribution in [1.29, 1.82) is 0 Å². The molecule has 102 valence electrons. The summed E-state index contributed by atoms with van der Waals surface area (Å²) in [6.07, 6.45) is 0. The van der Waals surface area contributed by atoms with Crippen LogP contribution in [0.1, 0.15) is 42.5 Å². The molecule has 1 heterocycles. The number of likely N-dealkylation sites (N-methyl/N-ethyl adjacent to an activating group) is 1. The van der Waals surface area contributed by atoms with E-state index < -0.39 is 0 Å². The topological polar surface area (TPSA) is 25.2 Å². The zero-order chi connectivity index (χ0) is 14.0. The molecule has 0 spiro atoms. The maximum atomic E-state index is 5.69. The molecule has 1 N–H and O–H groups in total. The van der Waals surface area contributed by atoms with Gasteiger partial charge in [-0.1, -0.05) is 44.2 Å². The molecule has 2 heteroatoms. The molecular formula is C17H23NO. The largest absolute Gasteiger partial charge is 0.466 e. The van der Waals surface area contributed by atoms with Crippen LogP contribution < -0.4 is 5.32 Å². The second-order valence-corrected chi connectivity index (χ2v) is 5.68. The smallest absolute Gasteiger partial charge is 0.105 e. The molecule has 0 fully saturated rings. The third-order valence-electron chi connectivity index (χ3n) is 3.92. The summed E-state index contributed by atoms with van der Waals surface area (Å²) in [7, 11) is 2.01. The fourth-order valence-corrected chi connectivity index (χ4v) is 2.88. The van der Waals surface area contributed by atoms with Gasteiger partial charge in [0.05, 0.1) is 0 Å². The van der Waals surface area contributed by atoms with Crippen molar-refractivity contribution in [2.45, 2.75) is 39.2 Å². The Bertz CT molecular complexity index is 540. The van der Waals surface area contributed by atoms with E-state index in [0.717, 1.165) is 11.5 Å². The lowest BCUT2D eigenvalue weighted by molar-refractivity contribution is 0.362. The fourth-order valence-electron chi connectivity index (χ4n) is 2.88. The standard InChI is InChI=1S/C17H23NO/c1-12-11-15(13(2)19-12)16(18-5)17(3,4)14-9-7-6-8-10-14/h6-11,16,18H,1-5H3. The van der Waals surface area contributed by atoms with Gasteiger partial charge in [-0.25, -0.2) is 0 Å². The minimum absolute atomic E-state index is 0.00289. The molecule has 2 nitrogen and oxygen atoms in total. The van der Waals surface area contributed by atoms with Crippen molar-refractivity contribution >= 4 is 0 Å². The van der Waals surface area contributed by atoms with Crippen LogP contribution >= 0.6 is 0 Å². The lowest BCUT2D eigenvalue weighted by Gasteiger charge is -2.34. The number of aryl methyl sites for hydroxylation is 2. The van der Waals surface area contributed by atoms with Gasteiger partial charge in [-0.3, -0.25) is 0 Å². The number of nitrogens with one attached hydrogen (secondary N) is 1. The summed E-state index contributed by atoms with van der Waals surface area (Å²) in [5, 5.41) is 3.45. The van der Waals surface area contributed by atoms with Crippen molar-refractivity contribution in [1.82, 2.24) is 5.32 Å². The van der Waals surface area contributed by atoms with E-state index in [-0.39, 0.29) is 11.5 Å². The summed E-state index contributed by atoms with van der Waals surface area (Å²) in [5.41, 5.74) is 2.57. The van der Waals surface area contributed by atoms with Crippen LogP contribution in [0, 0.1) is 13.8 Å². The van der Waals surface area contributed by atoms with Gasteiger partial charge >= 0.3 is 0 Å². The van der Waals surface area contributed by atoms with E-state index in [1.165, 1.54) is 11.1 Å². The first-order valence-corrected chi connectivity index (χ1v) is 6.76. The highest BCUT2D eigenvalue weighted by atomic mass is 16.3. The maximum Gasteiger partial charge on any atom is 0.105 e. The summed E-state index contributed by atoms with van der Waals surface area (Å²) < 4.78 is 5.69. The van der Waals surface area contributed by atoms with Gasteiger partial charge in [0, 0.05) is 17.0 Å². The van der Waals surface area contributed by atoms with Crippen LogP contribution in [0.2, 0.25) is 0 Å². The van der Waals surface area contributed by atoms with Crippen LogP contribution in [-0.4, -0.2) is 7.05 Å². The molecule has 0 saturated carbocycles. The van der Waals surface area contributed by atoms with Gasteiger partial charge in [0.15, 0.2) is 0 Å². The molecule has 0 aliphatic heterocycles. The van der Waals surface area contributed by atoms with Gasteiger partial charge in [0.2, 0.25) is 0 Å². The monoisotopic (exact) mass is 257 g/mol. The third-order valence-corrected chi connectivity index (χ3v) is 3.92. The molecule has 1 unspecified atom stereocenters. The SMILES string of the molecule is CNC(c1cc(C)oc1C)C(C)(C)c1ccccc1. The molecule has 0 saturated heterocycles. The summed E-state index contributed by atoms with van der Waals surface area (Å²) >= 11 is 0. The highest BCUT2D eigenvalue weighted by Gasteiger charge is 2.33. The van der Waals surface area contributed by atoms with E-state index in [2.05, 4.69) is 55.6 Å². The molecule has 1 aromatic heterocycles. The Balaban J connectivity index is 2.44. The quantitative estimate of drug-likeness (QED) is 0.890. The number of hydrogen-bond acceptors (Lipinski definition) is 2. The van der Waals surface area contributed by atoms with Gasteiger partial charge in [0.25, 0.3) is 0 Å². The summed E-state index contributed by atoms with van der Waals surface area (Å²) in [5.74, 6) is 1.97. The van der Waals surface area contributed by atoms with Crippen LogP contribution in [0.3, 0.4) is 0 Å². The van der Waals surface area contributed by atoms with Crippen molar-refractivity contribution in [2.75, 3.05) is 7.05 Å². The molecular weight excluding hydrogens is 234 g/mol. The van der Waals surface area contributed by atoms with E-state index in [4.69, 9.17) is 4.42 Å². The Morgan fingerprint density at radius 2 is 1.74 bits per heavy atom. The predicted octanol–water partition coefficient (Wildman–Crippen LogP) is 4.13. The molecule has 0 amide bonds. The van der Waals surface area contributed by atoms with E-state index in [9.17, 15) is 0 Å². The number of furan rings is 1. The molecule has 0 aliphatic carbocycles. The molecule has 0 radical (unpaired) electrons. The molecule has 2 rings (SSSR count). The van der Waals surface area contributed by atoms with Gasteiger partial charge in [-0.15, -0.1) is 0 Å². The van der Waals surface area contributed by atoms with E-state index >= 15 is 0 Å².